The number of aromatic hydroxyl groups is 1. The van der Waals surface area contributed by atoms with E-state index in [1.807, 2.05) is 6.92 Å². The van der Waals surface area contributed by atoms with Gasteiger partial charge in [0.1, 0.15) is 11.6 Å². The lowest BCUT2D eigenvalue weighted by atomic mass is 10.1. The van der Waals surface area contributed by atoms with Crippen LogP contribution in [0, 0.1) is 5.82 Å². The van der Waals surface area contributed by atoms with Crippen molar-refractivity contribution in [2.75, 3.05) is 19.0 Å². The van der Waals surface area contributed by atoms with E-state index in [1.165, 1.54) is 11.0 Å². The van der Waals surface area contributed by atoms with E-state index in [1.54, 1.807) is 0 Å². The van der Waals surface area contributed by atoms with E-state index in [0.717, 1.165) is 18.6 Å². The maximum Gasteiger partial charge on any atom is 0.257 e. The van der Waals surface area contributed by atoms with Gasteiger partial charge in [-0.2, -0.15) is 0 Å². The molecule has 0 fully saturated rings. The zero-order valence-corrected chi connectivity index (χ0v) is 10.4. The van der Waals surface area contributed by atoms with Gasteiger partial charge in [0.15, 0.2) is 0 Å². The van der Waals surface area contributed by atoms with Crippen molar-refractivity contribution in [3.63, 3.8) is 0 Å². The average molecular weight is 260 g/mol. The zero-order valence-electron chi connectivity index (χ0n) is 9.62. The lowest BCUT2D eigenvalue weighted by Gasteiger charge is -2.21. The molecule has 0 saturated carbocycles. The van der Waals surface area contributed by atoms with Crippen molar-refractivity contribution in [1.82, 2.24) is 4.90 Å². The fourth-order valence-electron chi connectivity index (χ4n) is 1.54. The fourth-order valence-corrected chi connectivity index (χ4v) is 1.74. The Kier molecular flexibility index (Phi) is 5.22. The molecule has 1 rings (SSSR count). The summed E-state index contributed by atoms with van der Waals surface area (Å²) in [5.41, 5.74) is -0.0245. The zero-order chi connectivity index (χ0) is 12.8. The summed E-state index contributed by atoms with van der Waals surface area (Å²) in [5, 5.41) is 9.54. The molecular formula is C12H15ClFNO2. The topological polar surface area (TPSA) is 40.5 Å². The molecule has 0 spiro atoms. The Labute approximate surface area is 105 Å². The van der Waals surface area contributed by atoms with Crippen LogP contribution in [0.4, 0.5) is 4.39 Å². The second kappa shape index (κ2) is 6.45. The minimum Gasteiger partial charge on any atom is -0.507 e. The van der Waals surface area contributed by atoms with Crippen molar-refractivity contribution in [1.29, 1.82) is 0 Å². The van der Waals surface area contributed by atoms with Crippen LogP contribution in [0.2, 0.25) is 0 Å². The average Bonchev–Trinajstić information content (AvgIpc) is 2.31. The van der Waals surface area contributed by atoms with Crippen molar-refractivity contribution in [3.8, 4) is 5.75 Å². The molecule has 5 heteroatoms. The molecule has 0 aliphatic heterocycles. The van der Waals surface area contributed by atoms with Gasteiger partial charge in [-0.05, 0) is 24.6 Å². The Bertz CT molecular complexity index is 392. The Balaban J connectivity index is 2.95. The molecule has 3 nitrogen and oxygen atoms in total. The van der Waals surface area contributed by atoms with E-state index < -0.39 is 11.7 Å². The van der Waals surface area contributed by atoms with Crippen LogP contribution in [0.3, 0.4) is 0 Å². The minimum atomic E-state index is -0.548. The van der Waals surface area contributed by atoms with Crippen LogP contribution in [0.25, 0.3) is 0 Å². The molecule has 1 N–H and O–H groups in total. The molecule has 0 aliphatic rings. The molecule has 94 valence electrons. The van der Waals surface area contributed by atoms with E-state index in [0.29, 0.717) is 19.0 Å². The van der Waals surface area contributed by atoms with Crippen molar-refractivity contribution in [2.24, 2.45) is 0 Å². The van der Waals surface area contributed by atoms with Crippen molar-refractivity contribution < 1.29 is 14.3 Å². The first-order valence-electron chi connectivity index (χ1n) is 5.44. The highest BCUT2D eigenvalue weighted by atomic mass is 35.5. The number of benzene rings is 1. The fraction of sp³-hybridized carbons (Fsp3) is 0.417. The molecule has 0 atom stereocenters. The van der Waals surface area contributed by atoms with E-state index in [9.17, 15) is 14.3 Å². The summed E-state index contributed by atoms with van der Waals surface area (Å²) in [6.07, 6.45) is 0.776. The van der Waals surface area contributed by atoms with Gasteiger partial charge in [-0.25, -0.2) is 4.39 Å². The van der Waals surface area contributed by atoms with Gasteiger partial charge in [-0.15, -0.1) is 11.6 Å². The molecule has 0 radical (unpaired) electrons. The Morgan fingerprint density at radius 2 is 2.18 bits per heavy atom. The third kappa shape index (κ3) is 3.60. The molecule has 0 aliphatic carbocycles. The summed E-state index contributed by atoms with van der Waals surface area (Å²) in [6.45, 7) is 2.84. The molecule has 0 unspecified atom stereocenters. The maximum absolute atomic E-state index is 13.0. The number of hydrogen-bond donors (Lipinski definition) is 1. The smallest absolute Gasteiger partial charge is 0.257 e. The van der Waals surface area contributed by atoms with E-state index >= 15 is 0 Å². The first-order chi connectivity index (χ1) is 8.10. The van der Waals surface area contributed by atoms with Gasteiger partial charge in [0.05, 0.1) is 5.56 Å². The number of halogens is 2. The van der Waals surface area contributed by atoms with Gasteiger partial charge in [-0.1, -0.05) is 6.92 Å². The van der Waals surface area contributed by atoms with Gasteiger partial charge >= 0.3 is 0 Å². The first-order valence-corrected chi connectivity index (χ1v) is 5.97. The molecule has 1 amide bonds. The molecular weight excluding hydrogens is 245 g/mol. The van der Waals surface area contributed by atoms with Crippen LogP contribution < -0.4 is 0 Å². The number of carbonyl (C=O) groups is 1. The van der Waals surface area contributed by atoms with Crippen molar-refractivity contribution in [2.45, 2.75) is 13.3 Å². The second-order valence-corrected chi connectivity index (χ2v) is 4.02. The van der Waals surface area contributed by atoms with Gasteiger partial charge in [0.2, 0.25) is 0 Å². The highest BCUT2D eigenvalue weighted by Crippen LogP contribution is 2.20. The number of phenols is 1. The van der Waals surface area contributed by atoms with E-state index in [2.05, 4.69) is 0 Å². The van der Waals surface area contributed by atoms with E-state index in [-0.39, 0.29) is 11.3 Å². The number of phenolic OH excluding ortho intramolecular Hbond substituents is 1. The molecule has 0 aromatic heterocycles. The Hall–Kier alpha value is -1.29. The van der Waals surface area contributed by atoms with E-state index in [4.69, 9.17) is 11.6 Å². The van der Waals surface area contributed by atoms with Gasteiger partial charge in [0.25, 0.3) is 5.91 Å². The molecule has 0 saturated heterocycles. The van der Waals surface area contributed by atoms with Crippen LogP contribution in [0.5, 0.6) is 5.75 Å². The van der Waals surface area contributed by atoms with Gasteiger partial charge in [0, 0.05) is 19.0 Å². The SMILES string of the molecule is CCCN(CCCl)C(=O)c1cc(F)ccc1O. The lowest BCUT2D eigenvalue weighted by molar-refractivity contribution is 0.0762. The number of hydrogen-bond acceptors (Lipinski definition) is 2. The number of nitrogens with zero attached hydrogens (tertiary/aromatic N) is 1. The summed E-state index contributed by atoms with van der Waals surface area (Å²) < 4.78 is 13.0. The van der Waals surface area contributed by atoms with Crippen molar-refractivity contribution >= 4 is 17.5 Å². The maximum atomic E-state index is 13.0. The summed E-state index contributed by atoms with van der Waals surface area (Å²) in [4.78, 5) is 13.5. The van der Waals surface area contributed by atoms with Crippen LogP contribution in [-0.2, 0) is 0 Å². The molecule has 0 heterocycles. The normalized spacial score (nSPS) is 10.3. The highest BCUT2D eigenvalue weighted by Gasteiger charge is 2.18. The minimum absolute atomic E-state index is 0.0245. The third-order valence-corrected chi connectivity index (χ3v) is 2.49. The number of alkyl halides is 1. The first kappa shape index (κ1) is 13.8. The number of amides is 1. The van der Waals surface area contributed by atoms with Crippen molar-refractivity contribution in [3.05, 3.63) is 29.6 Å². The third-order valence-electron chi connectivity index (χ3n) is 2.32. The summed E-state index contributed by atoms with van der Waals surface area (Å²) in [7, 11) is 0. The van der Waals surface area contributed by atoms with Crippen LogP contribution in [0.1, 0.15) is 23.7 Å². The number of rotatable bonds is 5. The molecule has 1 aromatic carbocycles. The van der Waals surface area contributed by atoms with Crippen LogP contribution in [0.15, 0.2) is 18.2 Å². The second-order valence-electron chi connectivity index (χ2n) is 3.64. The quantitative estimate of drug-likeness (QED) is 0.826. The highest BCUT2D eigenvalue weighted by molar-refractivity contribution is 6.18. The summed E-state index contributed by atoms with van der Waals surface area (Å²) in [5.74, 6) is -0.855. The largest absolute Gasteiger partial charge is 0.507 e. The Morgan fingerprint density at radius 1 is 1.47 bits per heavy atom. The summed E-state index contributed by atoms with van der Waals surface area (Å²) in [6, 6.07) is 3.32. The van der Waals surface area contributed by atoms with Gasteiger partial charge in [-0.3, -0.25) is 4.79 Å². The molecule has 0 bridgehead atoms. The van der Waals surface area contributed by atoms with Crippen LogP contribution >= 0.6 is 11.6 Å². The lowest BCUT2D eigenvalue weighted by Crippen LogP contribution is -2.33. The Morgan fingerprint density at radius 3 is 2.76 bits per heavy atom. The standard InChI is InChI=1S/C12H15ClFNO2/c1-2-6-15(7-5-13)12(17)10-8-9(14)3-4-11(10)16/h3-4,8,16H,2,5-7H2,1H3. The van der Waals surface area contributed by atoms with Crippen LogP contribution in [-0.4, -0.2) is 34.9 Å². The summed E-state index contributed by atoms with van der Waals surface area (Å²) >= 11 is 5.60. The molecule has 17 heavy (non-hydrogen) atoms. The predicted molar refractivity (Wildman–Crippen MR) is 65.0 cm³/mol. The molecule has 1 aromatic rings. The predicted octanol–water partition coefficient (Wildman–Crippen LogP) is 2.62. The number of carbonyl (C=O) groups excluding carboxylic acids is 1. The van der Waals surface area contributed by atoms with Gasteiger partial charge < -0.3 is 10.0 Å². The monoisotopic (exact) mass is 259 g/mol.